The molecule has 1 aliphatic heterocycles. The molecular weight excluding hydrogens is 368 g/mol. The Morgan fingerprint density at radius 1 is 1.28 bits per heavy atom. The zero-order chi connectivity index (χ0) is 19.9. The number of anilines is 2. The molecule has 0 radical (unpaired) electrons. The van der Waals surface area contributed by atoms with Crippen molar-refractivity contribution in [3.8, 4) is 0 Å². The van der Waals surface area contributed by atoms with Gasteiger partial charge in [-0.1, -0.05) is 0 Å². The van der Waals surface area contributed by atoms with Crippen molar-refractivity contribution in [2.75, 3.05) is 18.4 Å². The second-order valence-electron chi connectivity index (χ2n) is 6.96. The molecule has 0 bridgehead atoms. The third-order valence-electron chi connectivity index (χ3n) is 4.80. The van der Waals surface area contributed by atoms with E-state index in [0.717, 1.165) is 38.0 Å². The van der Waals surface area contributed by atoms with Gasteiger partial charge in [0.25, 0.3) is 0 Å². The monoisotopic (exact) mass is 390 g/mol. The van der Waals surface area contributed by atoms with E-state index in [9.17, 15) is 4.79 Å². The van der Waals surface area contributed by atoms with E-state index in [-0.39, 0.29) is 5.91 Å². The molecule has 1 fully saturated rings. The molecule has 1 saturated heterocycles. The predicted molar refractivity (Wildman–Crippen MR) is 108 cm³/mol. The van der Waals surface area contributed by atoms with Crippen LogP contribution in [0.5, 0.6) is 0 Å². The fourth-order valence-electron chi connectivity index (χ4n) is 3.44. The molecule has 29 heavy (non-hydrogen) atoms. The lowest BCUT2D eigenvalue weighted by atomic mass is 9.93. The van der Waals surface area contributed by atoms with Gasteiger partial charge in [-0.2, -0.15) is 0 Å². The van der Waals surface area contributed by atoms with E-state index in [1.807, 2.05) is 17.0 Å². The summed E-state index contributed by atoms with van der Waals surface area (Å²) in [5.41, 5.74) is 0.941. The van der Waals surface area contributed by atoms with E-state index in [1.54, 1.807) is 49.4 Å². The maximum Gasteiger partial charge on any atom is 0.246 e. The van der Waals surface area contributed by atoms with E-state index in [2.05, 4.69) is 25.3 Å². The van der Waals surface area contributed by atoms with Crippen LogP contribution in [0.3, 0.4) is 0 Å². The van der Waals surface area contributed by atoms with Gasteiger partial charge >= 0.3 is 0 Å². The topological polar surface area (TPSA) is 97.0 Å². The van der Waals surface area contributed by atoms with Gasteiger partial charge in [0, 0.05) is 43.3 Å². The molecule has 0 spiro atoms. The summed E-state index contributed by atoms with van der Waals surface area (Å²) in [4.78, 5) is 31.3. The van der Waals surface area contributed by atoms with Crippen LogP contribution < -0.4 is 5.32 Å². The Labute approximate surface area is 168 Å². The van der Waals surface area contributed by atoms with E-state index in [1.165, 1.54) is 0 Å². The number of amides is 1. The molecule has 3 aromatic heterocycles. The van der Waals surface area contributed by atoms with Crippen molar-refractivity contribution in [3.63, 3.8) is 0 Å². The van der Waals surface area contributed by atoms with Crippen LogP contribution in [-0.4, -0.2) is 43.8 Å². The van der Waals surface area contributed by atoms with Crippen molar-refractivity contribution in [3.05, 3.63) is 66.9 Å². The fourth-order valence-corrected chi connectivity index (χ4v) is 3.44. The minimum atomic E-state index is 0.0128. The highest BCUT2D eigenvalue weighted by Gasteiger charge is 2.23. The number of hydrogen-bond acceptors (Lipinski definition) is 7. The van der Waals surface area contributed by atoms with Gasteiger partial charge in [-0.15, -0.1) is 0 Å². The summed E-state index contributed by atoms with van der Waals surface area (Å²) in [5, 5.41) is 3.13. The van der Waals surface area contributed by atoms with Crippen molar-refractivity contribution in [2.24, 2.45) is 5.92 Å². The Morgan fingerprint density at radius 3 is 3.07 bits per heavy atom. The van der Waals surface area contributed by atoms with Crippen molar-refractivity contribution in [1.29, 1.82) is 0 Å². The van der Waals surface area contributed by atoms with Crippen molar-refractivity contribution in [1.82, 2.24) is 24.8 Å². The lowest BCUT2D eigenvalue weighted by Gasteiger charge is -2.32. The van der Waals surface area contributed by atoms with Crippen molar-refractivity contribution >= 4 is 23.6 Å². The molecule has 8 nitrogen and oxygen atoms in total. The van der Waals surface area contributed by atoms with Gasteiger partial charge in [0.2, 0.25) is 5.91 Å². The number of likely N-dealkylation sites (tertiary alicyclic amines) is 1. The van der Waals surface area contributed by atoms with E-state index >= 15 is 0 Å². The second-order valence-corrected chi connectivity index (χ2v) is 6.96. The number of rotatable bonds is 6. The Kier molecular flexibility index (Phi) is 5.89. The lowest BCUT2D eigenvalue weighted by Crippen LogP contribution is -2.39. The molecule has 1 atom stereocenters. The molecule has 0 aromatic carbocycles. The van der Waals surface area contributed by atoms with Crippen LogP contribution in [0, 0.1) is 5.92 Å². The number of hydrogen-bond donors (Lipinski definition) is 1. The van der Waals surface area contributed by atoms with Gasteiger partial charge in [0.05, 0.1) is 12.5 Å². The highest BCUT2D eigenvalue weighted by Crippen LogP contribution is 2.22. The van der Waals surface area contributed by atoms with E-state index in [0.29, 0.717) is 23.3 Å². The molecule has 3 aromatic rings. The van der Waals surface area contributed by atoms with Crippen LogP contribution in [-0.2, 0) is 11.2 Å². The maximum absolute atomic E-state index is 12.5. The SMILES string of the molecule is O=C(/C=C/c1ccco1)N1CCC[C@H](Cc2cc(Nc3cnccn3)ncn2)C1. The molecule has 0 saturated carbocycles. The molecule has 1 amide bonds. The fraction of sp³-hybridized carbons (Fsp3) is 0.286. The van der Waals surface area contributed by atoms with E-state index in [4.69, 9.17) is 4.42 Å². The van der Waals surface area contributed by atoms with Gasteiger partial charge in [-0.05, 0) is 43.4 Å². The minimum absolute atomic E-state index is 0.0128. The number of furan rings is 1. The number of piperidine rings is 1. The third kappa shape index (κ3) is 5.25. The van der Waals surface area contributed by atoms with Gasteiger partial charge in [0.1, 0.15) is 23.7 Å². The first-order chi connectivity index (χ1) is 14.3. The molecule has 1 N–H and O–H groups in total. The molecule has 1 aliphatic rings. The third-order valence-corrected chi connectivity index (χ3v) is 4.80. The largest absolute Gasteiger partial charge is 0.465 e. The molecule has 8 heteroatoms. The normalized spacial score (nSPS) is 16.8. The van der Waals surface area contributed by atoms with Crippen LogP contribution in [0.1, 0.15) is 24.3 Å². The summed E-state index contributed by atoms with van der Waals surface area (Å²) in [5.74, 6) is 2.37. The molecular formula is C21H22N6O2. The standard InChI is InChI=1S/C21H22N6O2/c28-21(6-5-18-4-2-10-29-18)27-9-1-3-16(14-27)11-17-12-19(25-15-24-17)26-20-13-22-7-8-23-20/h2,4-8,10,12-13,15-16H,1,3,9,11,14H2,(H,23,24,25,26)/b6-5+/t16-/m1/s1. The van der Waals surface area contributed by atoms with Crippen molar-refractivity contribution < 1.29 is 9.21 Å². The van der Waals surface area contributed by atoms with Crippen LogP contribution in [0.15, 0.2) is 59.9 Å². The number of carbonyl (C=O) groups excluding carboxylic acids is 1. The first kappa shape index (κ1) is 18.8. The van der Waals surface area contributed by atoms with Crippen LogP contribution >= 0.6 is 0 Å². The Hall–Kier alpha value is -3.55. The van der Waals surface area contributed by atoms with Crippen molar-refractivity contribution in [2.45, 2.75) is 19.3 Å². The number of nitrogens with one attached hydrogen (secondary N) is 1. The molecule has 4 rings (SSSR count). The maximum atomic E-state index is 12.5. The predicted octanol–water partition coefficient (Wildman–Crippen LogP) is 3.10. The molecule has 148 valence electrons. The van der Waals surface area contributed by atoms with Gasteiger partial charge in [-0.3, -0.25) is 9.78 Å². The average Bonchev–Trinajstić information content (AvgIpc) is 3.27. The van der Waals surface area contributed by atoms with Crippen LogP contribution in [0.25, 0.3) is 6.08 Å². The highest BCUT2D eigenvalue weighted by molar-refractivity contribution is 5.91. The van der Waals surface area contributed by atoms with Crippen LogP contribution in [0.4, 0.5) is 11.6 Å². The Balaban J connectivity index is 1.35. The Morgan fingerprint density at radius 2 is 2.24 bits per heavy atom. The summed E-state index contributed by atoms with van der Waals surface area (Å²) in [6, 6.07) is 5.55. The smallest absolute Gasteiger partial charge is 0.246 e. The minimum Gasteiger partial charge on any atom is -0.465 e. The summed E-state index contributed by atoms with van der Waals surface area (Å²) in [6.07, 6.45) is 14.2. The van der Waals surface area contributed by atoms with Gasteiger partial charge in [-0.25, -0.2) is 15.0 Å². The van der Waals surface area contributed by atoms with Gasteiger partial charge < -0.3 is 14.6 Å². The summed E-state index contributed by atoms with van der Waals surface area (Å²) in [7, 11) is 0. The zero-order valence-corrected chi connectivity index (χ0v) is 15.9. The summed E-state index contributed by atoms with van der Waals surface area (Å²) in [6.45, 7) is 1.50. The first-order valence-corrected chi connectivity index (χ1v) is 9.61. The number of carbonyl (C=O) groups is 1. The number of nitrogens with zero attached hydrogens (tertiary/aromatic N) is 5. The summed E-state index contributed by atoms with van der Waals surface area (Å²) < 4.78 is 5.24. The molecule has 0 unspecified atom stereocenters. The molecule has 4 heterocycles. The number of aromatic nitrogens is 4. The van der Waals surface area contributed by atoms with E-state index < -0.39 is 0 Å². The second kappa shape index (κ2) is 9.09. The average molecular weight is 390 g/mol. The first-order valence-electron chi connectivity index (χ1n) is 9.61. The van der Waals surface area contributed by atoms with Gasteiger partial charge in [0.15, 0.2) is 0 Å². The summed E-state index contributed by atoms with van der Waals surface area (Å²) >= 11 is 0. The zero-order valence-electron chi connectivity index (χ0n) is 15.9. The molecule has 0 aliphatic carbocycles. The van der Waals surface area contributed by atoms with Crippen LogP contribution in [0.2, 0.25) is 0 Å². The Bertz CT molecular complexity index is 958. The lowest BCUT2D eigenvalue weighted by molar-refractivity contribution is -0.127. The highest BCUT2D eigenvalue weighted by atomic mass is 16.3. The quantitative estimate of drug-likeness (QED) is 0.646.